The van der Waals surface area contributed by atoms with E-state index in [1.807, 2.05) is 91.0 Å². The molecule has 148 valence electrons. The van der Waals surface area contributed by atoms with Gasteiger partial charge in [0.2, 0.25) is 0 Å². The lowest BCUT2D eigenvalue weighted by atomic mass is 9.93. The Kier molecular flexibility index (Phi) is 5.71. The first kappa shape index (κ1) is 19.2. The summed E-state index contributed by atoms with van der Waals surface area (Å²) in [4.78, 5) is 12.6. The molecule has 5 nitrogen and oxygen atoms in total. The molecule has 1 atom stereocenters. The SMILES string of the molecule is O=C(N/N=C/c1ccccc1)NC(c1ccccc1)c1c(O)ccc2ccccc12. The van der Waals surface area contributed by atoms with Crippen molar-refractivity contribution in [1.82, 2.24) is 10.7 Å². The molecule has 4 aromatic carbocycles. The van der Waals surface area contributed by atoms with E-state index in [-0.39, 0.29) is 5.75 Å². The van der Waals surface area contributed by atoms with E-state index in [1.54, 1.807) is 12.3 Å². The number of carbonyl (C=O) groups is 1. The third-order valence-corrected chi connectivity index (χ3v) is 4.82. The molecule has 0 aliphatic carbocycles. The Balaban J connectivity index is 1.65. The highest BCUT2D eigenvalue weighted by Gasteiger charge is 2.22. The van der Waals surface area contributed by atoms with Crippen LogP contribution in [0, 0.1) is 0 Å². The topological polar surface area (TPSA) is 73.7 Å². The number of hydrazone groups is 1. The monoisotopic (exact) mass is 395 g/mol. The first-order valence-electron chi connectivity index (χ1n) is 9.62. The Labute approximate surface area is 174 Å². The summed E-state index contributed by atoms with van der Waals surface area (Å²) in [6.07, 6.45) is 1.58. The summed E-state index contributed by atoms with van der Waals surface area (Å²) in [7, 11) is 0. The van der Waals surface area contributed by atoms with Crippen molar-refractivity contribution in [3.05, 3.63) is 114 Å². The Morgan fingerprint density at radius 1 is 0.833 bits per heavy atom. The van der Waals surface area contributed by atoms with Crippen LogP contribution in [0.2, 0.25) is 0 Å². The van der Waals surface area contributed by atoms with E-state index in [9.17, 15) is 9.90 Å². The highest BCUT2D eigenvalue weighted by Crippen LogP contribution is 2.35. The van der Waals surface area contributed by atoms with Gasteiger partial charge in [-0.3, -0.25) is 0 Å². The lowest BCUT2D eigenvalue weighted by Crippen LogP contribution is -2.36. The standard InChI is InChI=1S/C25H21N3O2/c29-22-16-15-19-11-7-8-14-21(19)23(22)24(20-12-5-2-6-13-20)27-25(30)28-26-17-18-9-3-1-4-10-18/h1-17,24,29H,(H2,27,28,30)/b26-17+. The number of fused-ring (bicyclic) bond motifs is 1. The van der Waals surface area contributed by atoms with Gasteiger partial charge in [-0.05, 0) is 28.0 Å². The van der Waals surface area contributed by atoms with Crippen LogP contribution in [0.4, 0.5) is 4.79 Å². The Hall–Kier alpha value is -4.12. The molecule has 0 spiro atoms. The van der Waals surface area contributed by atoms with Crippen LogP contribution in [0.1, 0.15) is 22.7 Å². The maximum atomic E-state index is 12.6. The van der Waals surface area contributed by atoms with Crippen LogP contribution in [-0.4, -0.2) is 17.4 Å². The van der Waals surface area contributed by atoms with Gasteiger partial charge < -0.3 is 10.4 Å². The molecular formula is C25H21N3O2. The minimum Gasteiger partial charge on any atom is -0.508 e. The van der Waals surface area contributed by atoms with Crippen molar-refractivity contribution in [2.75, 3.05) is 0 Å². The highest BCUT2D eigenvalue weighted by molar-refractivity contribution is 5.89. The number of nitrogens with zero attached hydrogens (tertiary/aromatic N) is 1. The zero-order valence-electron chi connectivity index (χ0n) is 16.2. The fraction of sp³-hybridized carbons (Fsp3) is 0.0400. The number of amides is 2. The fourth-order valence-corrected chi connectivity index (χ4v) is 3.42. The number of hydrogen-bond donors (Lipinski definition) is 3. The average molecular weight is 395 g/mol. The molecule has 0 radical (unpaired) electrons. The first-order chi connectivity index (χ1) is 14.7. The summed E-state index contributed by atoms with van der Waals surface area (Å²) < 4.78 is 0. The molecule has 0 bridgehead atoms. The first-order valence-corrected chi connectivity index (χ1v) is 9.62. The number of benzene rings is 4. The van der Waals surface area contributed by atoms with Crippen LogP contribution < -0.4 is 10.7 Å². The molecule has 4 rings (SSSR count). The van der Waals surface area contributed by atoms with E-state index in [4.69, 9.17) is 0 Å². The van der Waals surface area contributed by atoms with Crippen molar-refractivity contribution in [3.8, 4) is 5.75 Å². The Morgan fingerprint density at radius 3 is 2.27 bits per heavy atom. The molecule has 0 saturated carbocycles. The molecule has 0 saturated heterocycles. The number of phenols is 1. The maximum absolute atomic E-state index is 12.6. The van der Waals surface area contributed by atoms with E-state index >= 15 is 0 Å². The van der Waals surface area contributed by atoms with Crippen LogP contribution in [0.15, 0.2) is 102 Å². The third-order valence-electron chi connectivity index (χ3n) is 4.82. The quantitative estimate of drug-likeness (QED) is 0.330. The summed E-state index contributed by atoms with van der Waals surface area (Å²) in [5.74, 6) is 0.121. The molecule has 2 amide bonds. The van der Waals surface area contributed by atoms with Gasteiger partial charge in [-0.25, -0.2) is 10.2 Å². The van der Waals surface area contributed by atoms with E-state index in [1.165, 1.54) is 0 Å². The van der Waals surface area contributed by atoms with Gasteiger partial charge in [-0.2, -0.15) is 5.10 Å². The number of aromatic hydroxyl groups is 1. The molecule has 0 aliphatic heterocycles. The normalized spacial score (nSPS) is 12.0. The number of urea groups is 1. The molecule has 0 aromatic heterocycles. The molecule has 1 unspecified atom stereocenters. The van der Waals surface area contributed by atoms with Crippen molar-refractivity contribution >= 4 is 23.0 Å². The summed E-state index contributed by atoms with van der Waals surface area (Å²) >= 11 is 0. The van der Waals surface area contributed by atoms with Gasteiger partial charge in [-0.1, -0.05) is 91.0 Å². The van der Waals surface area contributed by atoms with Crippen LogP contribution in [0.5, 0.6) is 5.75 Å². The lowest BCUT2D eigenvalue weighted by molar-refractivity contribution is 0.239. The second-order valence-corrected chi connectivity index (χ2v) is 6.82. The smallest absolute Gasteiger partial charge is 0.335 e. The predicted molar refractivity (Wildman–Crippen MR) is 120 cm³/mol. The summed E-state index contributed by atoms with van der Waals surface area (Å²) in [5, 5.41) is 19.5. The number of rotatable bonds is 5. The summed E-state index contributed by atoms with van der Waals surface area (Å²) in [6.45, 7) is 0. The molecule has 0 aliphatic rings. The predicted octanol–water partition coefficient (Wildman–Crippen LogP) is 4.97. The minimum absolute atomic E-state index is 0.121. The largest absolute Gasteiger partial charge is 0.508 e. The van der Waals surface area contributed by atoms with E-state index < -0.39 is 12.1 Å². The number of hydrogen-bond acceptors (Lipinski definition) is 3. The fourth-order valence-electron chi connectivity index (χ4n) is 3.42. The maximum Gasteiger partial charge on any atom is 0.335 e. The van der Waals surface area contributed by atoms with Crippen molar-refractivity contribution in [2.45, 2.75) is 6.04 Å². The molecule has 5 heteroatoms. The molecule has 0 fully saturated rings. The summed E-state index contributed by atoms with van der Waals surface area (Å²) in [5.41, 5.74) is 4.88. The summed E-state index contributed by atoms with van der Waals surface area (Å²) in [6, 6.07) is 29.3. The van der Waals surface area contributed by atoms with Gasteiger partial charge >= 0.3 is 6.03 Å². The van der Waals surface area contributed by atoms with E-state index in [0.29, 0.717) is 5.56 Å². The van der Waals surface area contributed by atoms with Gasteiger partial charge in [-0.15, -0.1) is 0 Å². The second-order valence-electron chi connectivity index (χ2n) is 6.82. The molecule has 0 heterocycles. The Morgan fingerprint density at radius 2 is 1.50 bits per heavy atom. The minimum atomic E-state index is -0.552. The lowest BCUT2D eigenvalue weighted by Gasteiger charge is -2.22. The zero-order chi connectivity index (χ0) is 20.8. The molecular weight excluding hydrogens is 374 g/mol. The van der Waals surface area contributed by atoms with Crippen molar-refractivity contribution in [2.24, 2.45) is 5.10 Å². The third kappa shape index (κ3) is 4.31. The molecule has 4 aromatic rings. The van der Waals surface area contributed by atoms with Crippen LogP contribution >= 0.6 is 0 Å². The Bertz CT molecular complexity index is 1170. The van der Waals surface area contributed by atoms with Crippen molar-refractivity contribution in [1.29, 1.82) is 0 Å². The van der Waals surface area contributed by atoms with E-state index in [2.05, 4.69) is 15.8 Å². The molecule has 3 N–H and O–H groups in total. The average Bonchev–Trinajstić information content (AvgIpc) is 2.79. The zero-order valence-corrected chi connectivity index (χ0v) is 16.2. The van der Waals surface area contributed by atoms with Gasteiger partial charge in [0.25, 0.3) is 0 Å². The van der Waals surface area contributed by atoms with Gasteiger partial charge in [0.15, 0.2) is 0 Å². The van der Waals surface area contributed by atoms with Gasteiger partial charge in [0.1, 0.15) is 5.75 Å². The van der Waals surface area contributed by atoms with Crippen LogP contribution in [-0.2, 0) is 0 Å². The second kappa shape index (κ2) is 8.92. The highest BCUT2D eigenvalue weighted by atomic mass is 16.3. The van der Waals surface area contributed by atoms with Gasteiger partial charge in [0, 0.05) is 5.56 Å². The van der Waals surface area contributed by atoms with Crippen LogP contribution in [0.3, 0.4) is 0 Å². The van der Waals surface area contributed by atoms with Gasteiger partial charge in [0.05, 0.1) is 12.3 Å². The van der Waals surface area contributed by atoms with E-state index in [0.717, 1.165) is 21.9 Å². The van der Waals surface area contributed by atoms with Crippen LogP contribution in [0.25, 0.3) is 10.8 Å². The molecule has 30 heavy (non-hydrogen) atoms. The number of phenolic OH excluding ortho intramolecular Hbond substituents is 1. The number of carbonyl (C=O) groups excluding carboxylic acids is 1. The van der Waals surface area contributed by atoms with Crippen molar-refractivity contribution < 1.29 is 9.90 Å². The van der Waals surface area contributed by atoms with Crippen molar-refractivity contribution in [3.63, 3.8) is 0 Å². The number of nitrogens with one attached hydrogen (secondary N) is 2.